The van der Waals surface area contributed by atoms with Gasteiger partial charge in [-0.15, -0.1) is 0 Å². The molecule has 0 aliphatic carbocycles. The quantitative estimate of drug-likeness (QED) is 0.593. The van der Waals surface area contributed by atoms with Crippen molar-refractivity contribution in [1.29, 1.82) is 0 Å². The van der Waals surface area contributed by atoms with Gasteiger partial charge in [0.25, 0.3) is 0 Å². The average molecular weight is 271 g/mol. The third kappa shape index (κ3) is 6.52. The Morgan fingerprint density at radius 2 is 2.00 bits per heavy atom. The zero-order chi connectivity index (χ0) is 14.1. The van der Waals surface area contributed by atoms with Gasteiger partial charge in [0.1, 0.15) is 12.7 Å². The summed E-state index contributed by atoms with van der Waals surface area (Å²) in [6, 6.07) is 6.09. The summed E-state index contributed by atoms with van der Waals surface area (Å²) >= 11 is 0. The smallest absolute Gasteiger partial charge is 0.165 e. The van der Waals surface area contributed by atoms with E-state index in [1.165, 1.54) is 12.1 Å². The van der Waals surface area contributed by atoms with Gasteiger partial charge in [-0.25, -0.2) is 4.39 Å². The minimum absolute atomic E-state index is 0.0320. The van der Waals surface area contributed by atoms with Crippen LogP contribution in [-0.2, 0) is 0 Å². The number of rotatable bonds is 9. The van der Waals surface area contributed by atoms with Gasteiger partial charge in [-0.1, -0.05) is 19.1 Å². The molecule has 2 atom stereocenters. The van der Waals surface area contributed by atoms with E-state index in [-0.39, 0.29) is 18.5 Å². The maximum absolute atomic E-state index is 13.2. The minimum Gasteiger partial charge on any atom is -0.488 e. The number of benzene rings is 1. The maximum atomic E-state index is 13.2. The number of hydrogen-bond acceptors (Lipinski definition) is 4. The summed E-state index contributed by atoms with van der Waals surface area (Å²) in [6.07, 6.45) is 0.357. The van der Waals surface area contributed by atoms with Crippen molar-refractivity contribution < 1.29 is 19.3 Å². The summed E-state index contributed by atoms with van der Waals surface area (Å²) in [5.41, 5.74) is 0. The molecule has 0 aliphatic rings. The van der Waals surface area contributed by atoms with E-state index in [2.05, 4.69) is 5.32 Å². The Morgan fingerprint density at radius 3 is 2.68 bits per heavy atom. The number of aliphatic hydroxyl groups is 2. The molecular weight excluding hydrogens is 249 g/mol. The fourth-order valence-electron chi connectivity index (χ4n) is 1.55. The Hall–Kier alpha value is -1.17. The summed E-state index contributed by atoms with van der Waals surface area (Å²) in [6.45, 7) is 2.93. The van der Waals surface area contributed by atoms with E-state index in [0.29, 0.717) is 19.5 Å². The van der Waals surface area contributed by atoms with Crippen molar-refractivity contribution in [3.05, 3.63) is 30.1 Å². The normalized spacial score (nSPS) is 14.1. The van der Waals surface area contributed by atoms with Crippen molar-refractivity contribution >= 4 is 0 Å². The van der Waals surface area contributed by atoms with Crippen LogP contribution in [-0.4, -0.2) is 42.1 Å². The van der Waals surface area contributed by atoms with Gasteiger partial charge in [0, 0.05) is 6.54 Å². The van der Waals surface area contributed by atoms with E-state index in [1.54, 1.807) is 12.1 Å². The molecule has 0 spiro atoms. The predicted octanol–water partition coefficient (Wildman–Crippen LogP) is 1.32. The number of halogens is 1. The Bertz CT molecular complexity index is 362. The highest BCUT2D eigenvalue weighted by Gasteiger charge is 2.08. The number of para-hydroxylation sites is 1. The van der Waals surface area contributed by atoms with Gasteiger partial charge >= 0.3 is 0 Å². The van der Waals surface area contributed by atoms with Gasteiger partial charge in [-0.3, -0.25) is 0 Å². The van der Waals surface area contributed by atoms with E-state index in [4.69, 9.17) is 4.74 Å². The molecule has 1 rings (SSSR count). The first-order valence-corrected chi connectivity index (χ1v) is 6.57. The van der Waals surface area contributed by atoms with E-state index in [0.717, 1.165) is 6.42 Å². The second kappa shape index (κ2) is 8.85. The van der Waals surface area contributed by atoms with Gasteiger partial charge < -0.3 is 20.3 Å². The van der Waals surface area contributed by atoms with Crippen molar-refractivity contribution in [3.63, 3.8) is 0 Å². The van der Waals surface area contributed by atoms with E-state index in [1.807, 2.05) is 6.92 Å². The van der Waals surface area contributed by atoms with Crippen LogP contribution in [0.5, 0.6) is 5.75 Å². The molecule has 0 fully saturated rings. The lowest BCUT2D eigenvalue weighted by Gasteiger charge is -2.14. The molecule has 5 heteroatoms. The molecule has 1 aromatic rings. The van der Waals surface area contributed by atoms with Crippen LogP contribution in [0, 0.1) is 5.82 Å². The lowest BCUT2D eigenvalue weighted by atomic mass is 10.2. The number of ether oxygens (including phenoxy) is 1. The molecule has 3 N–H and O–H groups in total. The molecule has 108 valence electrons. The van der Waals surface area contributed by atoms with Crippen molar-refractivity contribution in [1.82, 2.24) is 5.32 Å². The highest BCUT2D eigenvalue weighted by Crippen LogP contribution is 2.15. The van der Waals surface area contributed by atoms with Gasteiger partial charge in [0.2, 0.25) is 0 Å². The van der Waals surface area contributed by atoms with Gasteiger partial charge in [-0.05, 0) is 31.5 Å². The van der Waals surface area contributed by atoms with Crippen LogP contribution in [0.15, 0.2) is 24.3 Å². The zero-order valence-electron chi connectivity index (χ0n) is 11.2. The van der Waals surface area contributed by atoms with Gasteiger partial charge in [-0.2, -0.15) is 0 Å². The van der Waals surface area contributed by atoms with Crippen LogP contribution in [0.25, 0.3) is 0 Å². The molecule has 4 nitrogen and oxygen atoms in total. The monoisotopic (exact) mass is 271 g/mol. The highest BCUT2D eigenvalue weighted by atomic mass is 19.1. The van der Waals surface area contributed by atoms with Crippen molar-refractivity contribution in [2.24, 2.45) is 0 Å². The summed E-state index contributed by atoms with van der Waals surface area (Å²) in [5, 5.41) is 22.0. The Labute approximate surface area is 113 Å². The third-order valence-corrected chi connectivity index (χ3v) is 2.77. The summed E-state index contributed by atoms with van der Waals surface area (Å²) in [7, 11) is 0. The fraction of sp³-hybridized carbons (Fsp3) is 0.571. The predicted molar refractivity (Wildman–Crippen MR) is 71.7 cm³/mol. The number of nitrogens with one attached hydrogen (secondary N) is 1. The zero-order valence-corrected chi connectivity index (χ0v) is 11.2. The molecule has 0 aromatic heterocycles. The fourth-order valence-corrected chi connectivity index (χ4v) is 1.55. The maximum Gasteiger partial charge on any atom is 0.165 e. The van der Waals surface area contributed by atoms with Gasteiger partial charge in [0.05, 0.1) is 6.10 Å². The summed E-state index contributed by atoms with van der Waals surface area (Å²) in [5.74, 6) is -0.295. The third-order valence-electron chi connectivity index (χ3n) is 2.77. The molecule has 0 aliphatic heterocycles. The second-order valence-electron chi connectivity index (χ2n) is 4.45. The summed E-state index contributed by atoms with van der Waals surface area (Å²) < 4.78 is 18.4. The van der Waals surface area contributed by atoms with E-state index >= 15 is 0 Å². The molecule has 0 radical (unpaired) electrons. The Kier molecular flexibility index (Phi) is 7.40. The molecule has 0 saturated carbocycles. The van der Waals surface area contributed by atoms with Crippen molar-refractivity contribution in [3.8, 4) is 5.75 Å². The Morgan fingerprint density at radius 1 is 1.26 bits per heavy atom. The molecule has 1 aromatic carbocycles. The van der Waals surface area contributed by atoms with Crippen LogP contribution in [0.2, 0.25) is 0 Å². The number of hydrogen-bond donors (Lipinski definition) is 3. The van der Waals surface area contributed by atoms with Crippen LogP contribution >= 0.6 is 0 Å². The SMILES string of the molecule is CCC(O)CCNCC(O)COc1ccccc1F. The van der Waals surface area contributed by atoms with Crippen LogP contribution in [0.1, 0.15) is 19.8 Å². The van der Waals surface area contributed by atoms with Crippen molar-refractivity contribution in [2.45, 2.75) is 32.0 Å². The Balaban J connectivity index is 2.14. The molecule has 0 heterocycles. The lowest BCUT2D eigenvalue weighted by molar-refractivity contribution is 0.102. The van der Waals surface area contributed by atoms with Crippen LogP contribution in [0.3, 0.4) is 0 Å². The molecule has 19 heavy (non-hydrogen) atoms. The van der Waals surface area contributed by atoms with Crippen molar-refractivity contribution in [2.75, 3.05) is 19.7 Å². The number of aliphatic hydroxyl groups excluding tert-OH is 2. The second-order valence-corrected chi connectivity index (χ2v) is 4.45. The van der Waals surface area contributed by atoms with Crippen LogP contribution in [0.4, 0.5) is 4.39 Å². The molecule has 0 amide bonds. The standard InChI is InChI=1S/C14H22FNO3/c1-2-11(17)7-8-16-9-12(18)10-19-14-6-4-3-5-13(14)15/h3-6,11-12,16-18H,2,7-10H2,1H3. The van der Waals surface area contributed by atoms with E-state index in [9.17, 15) is 14.6 Å². The average Bonchev–Trinajstić information content (AvgIpc) is 2.42. The topological polar surface area (TPSA) is 61.7 Å². The molecule has 0 saturated heterocycles. The first-order valence-electron chi connectivity index (χ1n) is 6.57. The molecular formula is C14H22FNO3. The molecule has 2 unspecified atom stereocenters. The first kappa shape index (κ1) is 15.9. The lowest BCUT2D eigenvalue weighted by Crippen LogP contribution is -2.33. The molecule has 0 bridgehead atoms. The largest absolute Gasteiger partial charge is 0.488 e. The first-order chi connectivity index (χ1) is 9.13. The summed E-state index contributed by atoms with van der Waals surface area (Å²) in [4.78, 5) is 0. The van der Waals surface area contributed by atoms with Gasteiger partial charge in [0.15, 0.2) is 11.6 Å². The highest BCUT2D eigenvalue weighted by molar-refractivity contribution is 5.23. The van der Waals surface area contributed by atoms with E-state index < -0.39 is 11.9 Å². The minimum atomic E-state index is -0.710. The van der Waals surface area contributed by atoms with Crippen LogP contribution < -0.4 is 10.1 Å².